The van der Waals surface area contributed by atoms with E-state index in [0.29, 0.717) is 0 Å². The summed E-state index contributed by atoms with van der Waals surface area (Å²) >= 11 is 5.15. The second-order valence-corrected chi connectivity index (χ2v) is 6.47. The van der Waals surface area contributed by atoms with Gasteiger partial charge in [0.2, 0.25) is 0 Å². The van der Waals surface area contributed by atoms with E-state index in [2.05, 4.69) is 44.1 Å². The molecule has 0 saturated carbocycles. The van der Waals surface area contributed by atoms with Crippen LogP contribution >= 0.6 is 27.7 Å². The van der Waals surface area contributed by atoms with Gasteiger partial charge in [0.05, 0.1) is 0 Å². The number of hydrogen-bond acceptors (Lipinski definition) is 4. The molecule has 0 amide bonds. The second-order valence-electron chi connectivity index (χ2n) is 4.58. The molecule has 0 spiro atoms. The lowest BCUT2D eigenvalue weighted by atomic mass is 10.1. The largest absolute Gasteiger partial charge is 0.328 e. The van der Waals surface area contributed by atoms with E-state index >= 15 is 0 Å². The standard InChI is InChI=1S/C14H16BrN3S/c1-9-7-17-14(18-8-9)19-12-4-3-11(5-10(2)16)13(15)6-12/h3-4,6-8,10H,5,16H2,1-2H3. The molecule has 1 atom stereocenters. The van der Waals surface area contributed by atoms with Gasteiger partial charge in [0, 0.05) is 27.8 Å². The Morgan fingerprint density at radius 3 is 2.58 bits per heavy atom. The molecule has 0 aliphatic carbocycles. The topological polar surface area (TPSA) is 51.8 Å². The summed E-state index contributed by atoms with van der Waals surface area (Å²) in [4.78, 5) is 9.70. The summed E-state index contributed by atoms with van der Waals surface area (Å²) in [6, 6.07) is 6.43. The Hall–Kier alpha value is -0.910. The van der Waals surface area contributed by atoms with Crippen LogP contribution in [0.3, 0.4) is 0 Å². The molecule has 0 radical (unpaired) electrons. The molecular weight excluding hydrogens is 322 g/mol. The van der Waals surface area contributed by atoms with Crippen molar-refractivity contribution in [1.29, 1.82) is 0 Å². The lowest BCUT2D eigenvalue weighted by Crippen LogP contribution is -2.17. The summed E-state index contributed by atoms with van der Waals surface area (Å²) in [5.74, 6) is 0. The van der Waals surface area contributed by atoms with Crippen molar-refractivity contribution in [2.75, 3.05) is 0 Å². The Balaban J connectivity index is 2.13. The SMILES string of the molecule is Cc1cnc(Sc2ccc(CC(C)N)c(Br)c2)nc1. The number of aryl methyl sites for hydroxylation is 1. The summed E-state index contributed by atoms with van der Waals surface area (Å²) in [6.45, 7) is 3.99. The summed E-state index contributed by atoms with van der Waals surface area (Å²) in [5, 5.41) is 0.762. The Labute approximate surface area is 126 Å². The molecule has 19 heavy (non-hydrogen) atoms. The molecular formula is C14H16BrN3S. The van der Waals surface area contributed by atoms with Crippen LogP contribution in [0.5, 0.6) is 0 Å². The average molecular weight is 338 g/mol. The van der Waals surface area contributed by atoms with Crippen LogP contribution in [0.1, 0.15) is 18.1 Å². The number of halogens is 1. The highest BCUT2D eigenvalue weighted by molar-refractivity contribution is 9.10. The Morgan fingerprint density at radius 1 is 1.32 bits per heavy atom. The molecule has 2 aromatic rings. The second kappa shape index (κ2) is 6.50. The lowest BCUT2D eigenvalue weighted by Gasteiger charge is -2.09. The molecule has 2 rings (SSSR count). The van der Waals surface area contributed by atoms with Gasteiger partial charge in [-0.15, -0.1) is 0 Å². The van der Waals surface area contributed by atoms with Crippen LogP contribution in [0.2, 0.25) is 0 Å². The van der Waals surface area contributed by atoms with Gasteiger partial charge in [-0.25, -0.2) is 9.97 Å². The van der Waals surface area contributed by atoms with Gasteiger partial charge in [0.1, 0.15) is 0 Å². The maximum atomic E-state index is 5.82. The zero-order valence-corrected chi connectivity index (χ0v) is 13.3. The summed E-state index contributed by atoms with van der Waals surface area (Å²) < 4.78 is 1.09. The number of benzene rings is 1. The van der Waals surface area contributed by atoms with E-state index in [1.54, 1.807) is 11.8 Å². The molecule has 1 unspecified atom stereocenters. The summed E-state index contributed by atoms with van der Waals surface area (Å²) in [6.07, 6.45) is 4.52. The highest BCUT2D eigenvalue weighted by atomic mass is 79.9. The molecule has 1 heterocycles. The first-order valence-electron chi connectivity index (χ1n) is 6.05. The van der Waals surface area contributed by atoms with Gasteiger partial charge in [-0.05, 0) is 55.3 Å². The molecule has 1 aromatic heterocycles. The normalized spacial score (nSPS) is 12.4. The smallest absolute Gasteiger partial charge is 0.192 e. The van der Waals surface area contributed by atoms with Crippen LogP contribution in [0.25, 0.3) is 0 Å². The Kier molecular flexibility index (Phi) is 4.96. The lowest BCUT2D eigenvalue weighted by molar-refractivity contribution is 0.735. The quantitative estimate of drug-likeness (QED) is 0.866. The van der Waals surface area contributed by atoms with Crippen LogP contribution in [0, 0.1) is 6.92 Å². The molecule has 5 heteroatoms. The first-order valence-corrected chi connectivity index (χ1v) is 7.66. The van der Waals surface area contributed by atoms with Gasteiger partial charge in [-0.3, -0.25) is 0 Å². The van der Waals surface area contributed by atoms with E-state index in [4.69, 9.17) is 5.73 Å². The molecule has 0 saturated heterocycles. The number of nitrogens with two attached hydrogens (primary N) is 1. The maximum Gasteiger partial charge on any atom is 0.192 e. The third kappa shape index (κ3) is 4.30. The van der Waals surface area contributed by atoms with E-state index in [1.807, 2.05) is 26.2 Å². The molecule has 100 valence electrons. The third-order valence-electron chi connectivity index (χ3n) is 2.53. The van der Waals surface area contributed by atoms with E-state index in [0.717, 1.165) is 26.5 Å². The predicted molar refractivity (Wildman–Crippen MR) is 82.4 cm³/mol. The molecule has 0 fully saturated rings. The monoisotopic (exact) mass is 337 g/mol. The van der Waals surface area contributed by atoms with Crippen molar-refractivity contribution in [3.63, 3.8) is 0 Å². The van der Waals surface area contributed by atoms with Gasteiger partial charge in [0.15, 0.2) is 5.16 Å². The first kappa shape index (κ1) is 14.5. The van der Waals surface area contributed by atoms with Gasteiger partial charge in [-0.2, -0.15) is 0 Å². The van der Waals surface area contributed by atoms with Crippen LogP contribution in [-0.4, -0.2) is 16.0 Å². The van der Waals surface area contributed by atoms with Crippen LogP contribution in [0.15, 0.2) is 45.1 Å². The van der Waals surface area contributed by atoms with E-state index in [-0.39, 0.29) is 6.04 Å². The highest BCUT2D eigenvalue weighted by Crippen LogP contribution is 2.29. The third-order valence-corrected chi connectivity index (χ3v) is 4.15. The minimum Gasteiger partial charge on any atom is -0.328 e. The molecule has 0 bridgehead atoms. The number of aromatic nitrogens is 2. The first-order chi connectivity index (χ1) is 9.04. The summed E-state index contributed by atoms with van der Waals surface area (Å²) in [7, 11) is 0. The number of hydrogen-bond donors (Lipinski definition) is 1. The van der Waals surface area contributed by atoms with Crippen molar-refractivity contribution in [2.45, 2.75) is 36.4 Å². The summed E-state index contributed by atoms with van der Waals surface area (Å²) in [5.41, 5.74) is 8.12. The van der Waals surface area contributed by atoms with E-state index < -0.39 is 0 Å². The fourth-order valence-corrected chi connectivity index (χ4v) is 3.07. The number of rotatable bonds is 4. The zero-order chi connectivity index (χ0) is 13.8. The fraction of sp³-hybridized carbons (Fsp3) is 0.286. The van der Waals surface area contributed by atoms with Crippen molar-refractivity contribution in [1.82, 2.24) is 9.97 Å². The fourth-order valence-electron chi connectivity index (χ4n) is 1.64. The van der Waals surface area contributed by atoms with Crippen molar-refractivity contribution >= 4 is 27.7 Å². The average Bonchev–Trinajstić information content (AvgIpc) is 2.35. The minimum atomic E-state index is 0.162. The predicted octanol–water partition coefficient (Wildman–Crippen LogP) is 3.59. The van der Waals surface area contributed by atoms with Crippen LogP contribution < -0.4 is 5.73 Å². The zero-order valence-electron chi connectivity index (χ0n) is 10.9. The molecule has 0 aliphatic rings. The molecule has 2 N–H and O–H groups in total. The van der Waals surface area contributed by atoms with E-state index in [9.17, 15) is 0 Å². The van der Waals surface area contributed by atoms with Crippen molar-refractivity contribution in [3.05, 3.63) is 46.2 Å². The van der Waals surface area contributed by atoms with Gasteiger partial charge in [-0.1, -0.05) is 22.0 Å². The molecule has 3 nitrogen and oxygen atoms in total. The molecule has 1 aromatic carbocycles. The van der Waals surface area contributed by atoms with E-state index in [1.165, 1.54) is 5.56 Å². The highest BCUT2D eigenvalue weighted by Gasteiger charge is 2.06. The van der Waals surface area contributed by atoms with Crippen molar-refractivity contribution < 1.29 is 0 Å². The van der Waals surface area contributed by atoms with Crippen LogP contribution in [0.4, 0.5) is 0 Å². The van der Waals surface area contributed by atoms with Crippen molar-refractivity contribution in [3.8, 4) is 0 Å². The van der Waals surface area contributed by atoms with Gasteiger partial charge >= 0.3 is 0 Å². The van der Waals surface area contributed by atoms with Crippen LogP contribution in [-0.2, 0) is 6.42 Å². The van der Waals surface area contributed by atoms with Gasteiger partial charge in [0.25, 0.3) is 0 Å². The van der Waals surface area contributed by atoms with Gasteiger partial charge < -0.3 is 5.73 Å². The Bertz CT molecular complexity index is 555. The maximum absolute atomic E-state index is 5.82. The molecule has 0 aliphatic heterocycles. The number of nitrogens with zero attached hydrogens (tertiary/aromatic N) is 2. The van der Waals surface area contributed by atoms with Crippen molar-refractivity contribution in [2.24, 2.45) is 5.73 Å². The minimum absolute atomic E-state index is 0.162. The Morgan fingerprint density at radius 2 is 2.00 bits per heavy atom.